The van der Waals surface area contributed by atoms with Gasteiger partial charge in [0.2, 0.25) is 11.8 Å². The van der Waals surface area contributed by atoms with Gasteiger partial charge in [-0.15, -0.1) is 10.2 Å². The molecule has 55 heavy (non-hydrogen) atoms. The summed E-state index contributed by atoms with van der Waals surface area (Å²) in [6.45, 7) is 23.9. The largest absolute Gasteiger partial charge is 0.481 e. The molecule has 1 aromatic carbocycles. The van der Waals surface area contributed by atoms with Crippen LogP contribution in [0.15, 0.2) is 39.8 Å². The first kappa shape index (κ1) is 40.2. The number of nitrogens with zero attached hydrogens (tertiary/aromatic N) is 2. The van der Waals surface area contributed by atoms with Gasteiger partial charge in [-0.3, -0.25) is 14.4 Å². The first-order valence-electron chi connectivity index (χ1n) is 20.8. The van der Waals surface area contributed by atoms with E-state index in [0.717, 1.165) is 62.5 Å². The lowest BCUT2D eigenvalue weighted by Crippen LogP contribution is -2.66. The van der Waals surface area contributed by atoms with Gasteiger partial charge in [0.1, 0.15) is 6.10 Å². The molecule has 9 heteroatoms. The number of carboxylic acids is 1. The van der Waals surface area contributed by atoms with Crippen molar-refractivity contribution in [3.05, 3.63) is 57.8 Å². The van der Waals surface area contributed by atoms with Crippen LogP contribution in [0.4, 0.5) is 0 Å². The van der Waals surface area contributed by atoms with Crippen LogP contribution in [-0.4, -0.2) is 39.1 Å². The van der Waals surface area contributed by atoms with E-state index < -0.39 is 28.2 Å². The molecule has 8 atom stereocenters. The highest BCUT2D eigenvalue weighted by atomic mass is 35.5. The van der Waals surface area contributed by atoms with E-state index >= 15 is 0 Å². The van der Waals surface area contributed by atoms with Crippen molar-refractivity contribution >= 4 is 29.3 Å². The minimum Gasteiger partial charge on any atom is -0.481 e. The van der Waals surface area contributed by atoms with E-state index in [-0.39, 0.29) is 51.8 Å². The fraction of sp³-hybridized carbons (Fsp3) is 0.717. The molecule has 300 valence electrons. The summed E-state index contributed by atoms with van der Waals surface area (Å²) >= 11 is 6.23. The van der Waals surface area contributed by atoms with Gasteiger partial charge < -0.3 is 14.3 Å². The quantitative estimate of drug-likeness (QED) is 0.263. The number of Topliss-reactive ketones (excluding diaryl/α,β-unsaturated/α-hetero) is 1. The monoisotopic (exact) mass is 774 g/mol. The number of benzene rings is 1. The molecule has 4 fully saturated rings. The number of ketones is 1. The highest BCUT2D eigenvalue weighted by Crippen LogP contribution is 2.77. The molecule has 4 saturated carbocycles. The van der Waals surface area contributed by atoms with Crippen LogP contribution < -0.4 is 0 Å². The molecule has 0 amide bonds. The fourth-order valence-electron chi connectivity index (χ4n) is 13.4. The van der Waals surface area contributed by atoms with Gasteiger partial charge in [-0.1, -0.05) is 72.2 Å². The van der Waals surface area contributed by atoms with Crippen molar-refractivity contribution in [2.75, 3.05) is 0 Å². The molecule has 7 rings (SSSR count). The Morgan fingerprint density at radius 3 is 2.22 bits per heavy atom. The van der Waals surface area contributed by atoms with E-state index in [1.165, 1.54) is 5.57 Å². The lowest BCUT2D eigenvalue weighted by Gasteiger charge is -2.72. The molecule has 0 radical (unpaired) electrons. The third kappa shape index (κ3) is 5.82. The summed E-state index contributed by atoms with van der Waals surface area (Å²) in [6.07, 6.45) is 7.75. The van der Waals surface area contributed by atoms with Crippen molar-refractivity contribution in [2.24, 2.45) is 50.7 Å². The number of esters is 1. The van der Waals surface area contributed by atoms with Crippen LogP contribution in [0.25, 0.3) is 0 Å². The fourth-order valence-corrected chi connectivity index (χ4v) is 13.5. The molecule has 1 aromatic heterocycles. The van der Waals surface area contributed by atoms with E-state index in [1.807, 2.05) is 24.3 Å². The molecule has 8 nitrogen and oxygen atoms in total. The normalized spacial score (nSPS) is 35.8. The van der Waals surface area contributed by atoms with E-state index in [4.69, 9.17) is 25.9 Å². The average molecular weight is 775 g/mol. The zero-order valence-corrected chi connectivity index (χ0v) is 35.8. The summed E-state index contributed by atoms with van der Waals surface area (Å²) in [4.78, 5) is 39.2. The minimum atomic E-state index is -1.17. The molecule has 1 N–H and O–H groups in total. The number of halogens is 1. The Kier molecular flexibility index (Phi) is 9.51. The minimum absolute atomic E-state index is 0.0329. The second kappa shape index (κ2) is 13.0. The second-order valence-electron chi connectivity index (χ2n) is 21.0. The Morgan fingerprint density at radius 1 is 0.909 bits per heavy atom. The van der Waals surface area contributed by atoms with Gasteiger partial charge in [-0.2, -0.15) is 0 Å². The second-order valence-corrected chi connectivity index (χ2v) is 21.5. The molecule has 0 saturated heterocycles. The van der Waals surface area contributed by atoms with Crippen molar-refractivity contribution in [2.45, 2.75) is 157 Å². The summed E-state index contributed by atoms with van der Waals surface area (Å²) in [6, 6.07) is 7.80. The SMILES string of the molecule is CC(C)C1=C2[C@H]3CC[C@@H]4[C@@]5(C)CC[C@H](OC(=O)CC(C)(C)C(=O)O)C(C)(C)C5CC[C@@]4(C)[C@]3(C)CC[C@@]2(c2nnc(C(C)(C)c3ccc(Cl)cc3)o2)CC1=O. The van der Waals surface area contributed by atoms with Crippen molar-refractivity contribution in [1.29, 1.82) is 0 Å². The van der Waals surface area contributed by atoms with Crippen LogP contribution in [0, 0.1) is 50.7 Å². The van der Waals surface area contributed by atoms with Gasteiger partial charge >= 0.3 is 11.9 Å². The molecule has 5 aliphatic rings. The number of ether oxygens (including phenoxy) is 1. The topological polar surface area (TPSA) is 120 Å². The van der Waals surface area contributed by atoms with Crippen molar-refractivity contribution < 1.29 is 28.6 Å². The molecular weight excluding hydrogens is 712 g/mol. The zero-order valence-electron chi connectivity index (χ0n) is 35.0. The van der Waals surface area contributed by atoms with Gasteiger partial charge in [0.15, 0.2) is 5.78 Å². The summed E-state index contributed by atoms with van der Waals surface area (Å²) in [5.41, 5.74) is 0.817. The maximum Gasteiger partial charge on any atom is 0.309 e. The van der Waals surface area contributed by atoms with Crippen LogP contribution in [0.3, 0.4) is 0 Å². The predicted octanol–water partition coefficient (Wildman–Crippen LogP) is 10.7. The van der Waals surface area contributed by atoms with E-state index in [0.29, 0.717) is 35.1 Å². The first-order valence-corrected chi connectivity index (χ1v) is 21.1. The highest BCUT2D eigenvalue weighted by Gasteiger charge is 2.71. The first-order chi connectivity index (χ1) is 25.5. The van der Waals surface area contributed by atoms with Crippen LogP contribution in [0.5, 0.6) is 0 Å². The van der Waals surface area contributed by atoms with Crippen LogP contribution in [0.2, 0.25) is 5.02 Å². The summed E-state index contributed by atoms with van der Waals surface area (Å²) in [5, 5.41) is 19.8. The molecule has 0 spiro atoms. The van der Waals surface area contributed by atoms with E-state index in [9.17, 15) is 19.5 Å². The number of aromatic nitrogens is 2. The number of fused-ring (bicyclic) bond motifs is 7. The predicted molar refractivity (Wildman–Crippen MR) is 212 cm³/mol. The van der Waals surface area contributed by atoms with Gasteiger partial charge in [-0.25, -0.2) is 0 Å². The molecule has 0 aliphatic heterocycles. The Bertz CT molecular complexity index is 1920. The number of hydrogen-bond acceptors (Lipinski definition) is 7. The molecular formula is C46H63ClN2O6. The van der Waals surface area contributed by atoms with Gasteiger partial charge in [0.05, 0.1) is 22.7 Å². The van der Waals surface area contributed by atoms with Crippen molar-refractivity contribution in [1.82, 2.24) is 10.2 Å². The average Bonchev–Trinajstić information content (AvgIpc) is 3.71. The number of carbonyl (C=O) groups excluding carboxylic acids is 2. The Morgan fingerprint density at radius 2 is 1.58 bits per heavy atom. The van der Waals surface area contributed by atoms with Crippen LogP contribution in [0.1, 0.15) is 158 Å². The van der Waals surface area contributed by atoms with Gasteiger partial charge in [0, 0.05) is 16.9 Å². The van der Waals surface area contributed by atoms with Gasteiger partial charge in [0.25, 0.3) is 0 Å². The molecule has 2 aromatic rings. The number of allylic oxidation sites excluding steroid dienone is 2. The van der Waals surface area contributed by atoms with Crippen molar-refractivity contribution in [3.63, 3.8) is 0 Å². The van der Waals surface area contributed by atoms with E-state index in [1.54, 1.807) is 13.8 Å². The number of aliphatic carboxylic acids is 1. The lowest BCUT2D eigenvalue weighted by atomic mass is 9.33. The molecule has 1 heterocycles. The lowest BCUT2D eigenvalue weighted by molar-refractivity contribution is -0.232. The standard InChI is InChI=1S/C46H63ClN2O6/c1-26(2)35-30(50)24-46(38-49-48-37(55-38)41(5,6)27-12-14-28(47)15-13-27)23-22-44(10)29(36(35)46)16-17-32-43(9)20-19-33(54-34(51)25-40(3,4)39(52)53)42(7,8)31(43)18-21-45(32,44)11/h12-15,26,29,31-33H,16-25H2,1-11H3,(H,52,53)/t29-,31?,32-,33+,43+,44-,45-,46-/m1/s1. The zero-order chi connectivity index (χ0) is 40.3. The van der Waals surface area contributed by atoms with E-state index in [2.05, 4.69) is 67.4 Å². The number of hydrogen-bond donors (Lipinski definition) is 1. The Hall–Kier alpha value is -3.00. The maximum atomic E-state index is 14.3. The molecule has 0 bridgehead atoms. The summed E-state index contributed by atoms with van der Waals surface area (Å²) in [7, 11) is 0. The van der Waals surface area contributed by atoms with Crippen LogP contribution >= 0.6 is 11.6 Å². The smallest absolute Gasteiger partial charge is 0.309 e. The number of carboxylic acid groups (broad SMARTS) is 1. The number of carbonyl (C=O) groups is 3. The Labute approximate surface area is 333 Å². The maximum absolute atomic E-state index is 14.3. The number of rotatable bonds is 8. The third-order valence-corrected chi connectivity index (χ3v) is 17.0. The third-order valence-electron chi connectivity index (χ3n) is 16.7. The van der Waals surface area contributed by atoms with Crippen LogP contribution in [-0.2, 0) is 30.0 Å². The highest BCUT2D eigenvalue weighted by molar-refractivity contribution is 6.30. The van der Waals surface area contributed by atoms with Crippen molar-refractivity contribution in [3.8, 4) is 0 Å². The Balaban J connectivity index is 1.21. The molecule has 1 unspecified atom stereocenters. The summed E-state index contributed by atoms with van der Waals surface area (Å²) in [5.74, 6) is 1.12. The summed E-state index contributed by atoms with van der Waals surface area (Å²) < 4.78 is 13.0. The molecule has 5 aliphatic carbocycles. The van der Waals surface area contributed by atoms with Gasteiger partial charge in [-0.05, 0) is 148 Å².